The lowest BCUT2D eigenvalue weighted by molar-refractivity contribution is 0.384. The molecule has 0 spiro atoms. The van der Waals surface area contributed by atoms with Crippen LogP contribution < -0.4 is 4.74 Å². The summed E-state index contributed by atoms with van der Waals surface area (Å²) in [5, 5.41) is 0. The number of hydrogen-bond donors (Lipinski definition) is 1. The number of H-pyrrole nitrogens is 1. The van der Waals surface area contributed by atoms with Gasteiger partial charge in [-0.2, -0.15) is 0 Å². The topological polar surface area (TPSA) is 37.9 Å². The van der Waals surface area contributed by atoms with Crippen LogP contribution in [0.1, 0.15) is 5.56 Å². The summed E-state index contributed by atoms with van der Waals surface area (Å²) in [6.07, 6.45) is 1.77. The number of halogens is 1. The summed E-state index contributed by atoms with van der Waals surface area (Å²) in [5.74, 6) is 0. The van der Waals surface area contributed by atoms with Crippen LogP contribution in [0.3, 0.4) is 0 Å². The second-order valence-corrected chi connectivity index (χ2v) is 4.18. The van der Waals surface area contributed by atoms with Crippen molar-refractivity contribution < 1.29 is 4.74 Å². The van der Waals surface area contributed by atoms with Gasteiger partial charge >= 0.3 is 0 Å². The molecule has 2 aromatic rings. The molecule has 0 amide bonds. The van der Waals surface area contributed by atoms with Crippen LogP contribution in [-0.4, -0.2) is 17.1 Å². The number of nitrogens with one attached hydrogen (secondary N) is 1. The first kappa shape index (κ1) is 10.2. The van der Waals surface area contributed by atoms with Crippen LogP contribution in [0.25, 0.3) is 11.3 Å². The van der Waals surface area contributed by atoms with E-state index in [4.69, 9.17) is 4.74 Å². The van der Waals surface area contributed by atoms with Gasteiger partial charge in [-0.1, -0.05) is 22.0 Å². The molecule has 0 saturated carbocycles. The monoisotopic (exact) mass is 266 g/mol. The largest absolute Gasteiger partial charge is 0.468 e. The van der Waals surface area contributed by atoms with E-state index < -0.39 is 0 Å². The van der Waals surface area contributed by atoms with Gasteiger partial charge in [0.1, 0.15) is 0 Å². The molecule has 0 atom stereocenters. The maximum absolute atomic E-state index is 5.01. The Morgan fingerprint density at radius 3 is 2.87 bits per heavy atom. The molecular formula is C11H11BrN2O. The van der Waals surface area contributed by atoms with Gasteiger partial charge < -0.3 is 9.72 Å². The van der Waals surface area contributed by atoms with Crippen LogP contribution in [0.5, 0.6) is 6.01 Å². The van der Waals surface area contributed by atoms with E-state index in [-0.39, 0.29) is 0 Å². The number of aryl methyl sites for hydroxylation is 1. The first-order valence-electron chi connectivity index (χ1n) is 4.56. The second-order valence-electron chi connectivity index (χ2n) is 3.27. The molecular weight excluding hydrogens is 256 g/mol. The van der Waals surface area contributed by atoms with Crippen molar-refractivity contribution in [2.45, 2.75) is 6.92 Å². The minimum atomic E-state index is 0.532. The van der Waals surface area contributed by atoms with Crippen LogP contribution in [0.2, 0.25) is 0 Å². The summed E-state index contributed by atoms with van der Waals surface area (Å²) in [6, 6.07) is 6.67. The third-order valence-corrected chi connectivity index (χ3v) is 2.73. The zero-order valence-electron chi connectivity index (χ0n) is 8.54. The van der Waals surface area contributed by atoms with Gasteiger partial charge in [0.25, 0.3) is 6.01 Å². The van der Waals surface area contributed by atoms with Crippen LogP contribution >= 0.6 is 15.9 Å². The molecule has 1 heterocycles. The summed E-state index contributed by atoms with van der Waals surface area (Å²) in [5.41, 5.74) is 3.29. The lowest BCUT2D eigenvalue weighted by Crippen LogP contribution is -1.85. The van der Waals surface area contributed by atoms with Crippen LogP contribution in [0, 0.1) is 6.92 Å². The van der Waals surface area contributed by atoms with E-state index in [9.17, 15) is 0 Å². The number of ether oxygens (including phenoxy) is 1. The quantitative estimate of drug-likeness (QED) is 0.907. The fraction of sp³-hybridized carbons (Fsp3) is 0.182. The summed E-state index contributed by atoms with van der Waals surface area (Å²) in [6.45, 7) is 2.06. The Morgan fingerprint density at radius 2 is 2.20 bits per heavy atom. The number of hydrogen-bond acceptors (Lipinski definition) is 2. The molecule has 0 aliphatic heterocycles. The second kappa shape index (κ2) is 4.06. The third-order valence-electron chi connectivity index (χ3n) is 2.24. The van der Waals surface area contributed by atoms with Crippen LogP contribution in [0.4, 0.5) is 0 Å². The van der Waals surface area contributed by atoms with Crippen molar-refractivity contribution in [3.8, 4) is 17.3 Å². The van der Waals surface area contributed by atoms with E-state index in [0.717, 1.165) is 15.7 Å². The van der Waals surface area contributed by atoms with Crippen LogP contribution in [0.15, 0.2) is 28.9 Å². The normalized spacial score (nSPS) is 10.3. The van der Waals surface area contributed by atoms with Gasteiger partial charge in [-0.3, -0.25) is 0 Å². The number of rotatable bonds is 2. The lowest BCUT2D eigenvalue weighted by atomic mass is 10.1. The van der Waals surface area contributed by atoms with Crippen molar-refractivity contribution in [1.29, 1.82) is 0 Å². The smallest absolute Gasteiger partial charge is 0.293 e. The number of nitrogens with zero attached hydrogens (tertiary/aromatic N) is 1. The fourth-order valence-corrected chi connectivity index (χ4v) is 1.79. The standard InChI is InChI=1S/C11H11BrN2O/c1-7-3-4-8(12)5-9(7)10-6-13-11(14-10)15-2/h3-6H,1-2H3,(H,13,14). The third kappa shape index (κ3) is 2.04. The Balaban J connectivity index is 2.48. The highest BCUT2D eigenvalue weighted by atomic mass is 79.9. The minimum Gasteiger partial charge on any atom is -0.468 e. The van der Waals surface area contributed by atoms with Gasteiger partial charge in [0.2, 0.25) is 0 Å². The fourth-order valence-electron chi connectivity index (χ4n) is 1.43. The Hall–Kier alpha value is -1.29. The van der Waals surface area contributed by atoms with Gasteiger partial charge in [-0.25, -0.2) is 4.98 Å². The van der Waals surface area contributed by atoms with Gasteiger partial charge in [-0.15, -0.1) is 0 Å². The first-order chi connectivity index (χ1) is 7.20. The first-order valence-corrected chi connectivity index (χ1v) is 5.35. The van der Waals surface area contributed by atoms with E-state index in [0.29, 0.717) is 6.01 Å². The highest BCUT2D eigenvalue weighted by molar-refractivity contribution is 9.10. The Kier molecular flexibility index (Phi) is 2.77. The molecule has 1 aromatic carbocycles. The van der Waals surface area contributed by atoms with Gasteiger partial charge in [0.05, 0.1) is 19.0 Å². The molecule has 2 rings (SSSR count). The van der Waals surface area contributed by atoms with Gasteiger partial charge in [0.15, 0.2) is 0 Å². The average molecular weight is 267 g/mol. The van der Waals surface area contributed by atoms with E-state index in [1.165, 1.54) is 5.56 Å². The molecule has 15 heavy (non-hydrogen) atoms. The van der Waals surface area contributed by atoms with Crippen molar-refractivity contribution in [3.63, 3.8) is 0 Å². The molecule has 0 aliphatic carbocycles. The van der Waals surface area contributed by atoms with E-state index in [1.807, 2.05) is 6.07 Å². The minimum absolute atomic E-state index is 0.532. The highest BCUT2D eigenvalue weighted by Crippen LogP contribution is 2.26. The molecule has 4 heteroatoms. The van der Waals surface area contributed by atoms with E-state index in [2.05, 4.69) is 45.0 Å². The highest BCUT2D eigenvalue weighted by Gasteiger charge is 2.06. The predicted molar refractivity (Wildman–Crippen MR) is 63.0 cm³/mol. The lowest BCUT2D eigenvalue weighted by Gasteiger charge is -2.03. The molecule has 78 valence electrons. The zero-order chi connectivity index (χ0) is 10.8. The molecule has 0 bridgehead atoms. The maximum Gasteiger partial charge on any atom is 0.293 e. The Bertz CT molecular complexity index is 479. The Labute approximate surface area is 96.6 Å². The van der Waals surface area contributed by atoms with E-state index in [1.54, 1.807) is 13.3 Å². The van der Waals surface area contributed by atoms with Gasteiger partial charge in [-0.05, 0) is 24.6 Å². The number of aromatic nitrogens is 2. The Morgan fingerprint density at radius 1 is 1.40 bits per heavy atom. The number of imidazole rings is 1. The molecule has 0 aliphatic rings. The summed E-state index contributed by atoms with van der Waals surface area (Å²) in [4.78, 5) is 7.18. The number of benzene rings is 1. The number of aromatic amines is 1. The summed E-state index contributed by atoms with van der Waals surface area (Å²) in [7, 11) is 1.59. The predicted octanol–water partition coefficient (Wildman–Crippen LogP) is 3.16. The van der Waals surface area contributed by atoms with E-state index >= 15 is 0 Å². The van der Waals surface area contributed by atoms with Crippen molar-refractivity contribution in [1.82, 2.24) is 9.97 Å². The zero-order valence-corrected chi connectivity index (χ0v) is 10.1. The summed E-state index contributed by atoms with van der Waals surface area (Å²) >= 11 is 3.45. The SMILES string of the molecule is COc1ncc(-c2cc(Br)ccc2C)[nH]1. The van der Waals surface area contributed by atoms with Crippen molar-refractivity contribution >= 4 is 15.9 Å². The van der Waals surface area contributed by atoms with Crippen molar-refractivity contribution in [3.05, 3.63) is 34.4 Å². The molecule has 1 N–H and O–H groups in total. The van der Waals surface area contributed by atoms with Crippen LogP contribution in [-0.2, 0) is 0 Å². The van der Waals surface area contributed by atoms with Crippen molar-refractivity contribution in [2.75, 3.05) is 7.11 Å². The molecule has 0 saturated heterocycles. The molecule has 0 fully saturated rings. The van der Waals surface area contributed by atoms with Gasteiger partial charge in [0, 0.05) is 10.0 Å². The maximum atomic E-state index is 5.01. The molecule has 0 radical (unpaired) electrons. The molecule has 1 aromatic heterocycles. The van der Waals surface area contributed by atoms with Crippen molar-refractivity contribution in [2.24, 2.45) is 0 Å². The number of methoxy groups -OCH3 is 1. The summed E-state index contributed by atoms with van der Waals surface area (Å²) < 4.78 is 6.06. The molecule has 0 unspecified atom stereocenters. The average Bonchev–Trinajstić information content (AvgIpc) is 2.70. The molecule has 3 nitrogen and oxygen atoms in total.